The minimum Gasteiger partial charge on any atom is -0.388 e. The molecule has 1 rings (SSSR count). The van der Waals surface area contributed by atoms with Crippen molar-refractivity contribution in [2.45, 2.75) is 30.7 Å². The minimum absolute atomic E-state index is 0.0262. The van der Waals surface area contributed by atoms with E-state index in [-0.39, 0.29) is 19.0 Å². The number of carbonyl (C=O) groups excluding carboxylic acids is 1. The molecule has 1 aliphatic rings. The van der Waals surface area contributed by atoms with Crippen molar-refractivity contribution < 1.29 is 29.6 Å². The Morgan fingerprint density at radius 1 is 1.38 bits per heavy atom. The Morgan fingerprint density at radius 3 is 2.57 bits per heavy atom. The lowest BCUT2D eigenvalue weighted by Crippen LogP contribution is -2.60. The molecule has 21 heavy (non-hydrogen) atoms. The van der Waals surface area contributed by atoms with Crippen LogP contribution in [0.1, 0.15) is 0 Å². The van der Waals surface area contributed by atoms with Gasteiger partial charge in [-0.2, -0.15) is 5.01 Å². The first kappa shape index (κ1) is 18.0. The van der Waals surface area contributed by atoms with E-state index in [1.54, 1.807) is 0 Å². The zero-order chi connectivity index (χ0) is 16.0. The van der Waals surface area contributed by atoms with Gasteiger partial charge in [-0.3, -0.25) is 0 Å². The first-order valence-corrected chi connectivity index (χ1v) is 6.66. The second-order valence-electron chi connectivity index (χ2n) is 4.33. The number of methoxy groups -OCH3 is 1. The van der Waals surface area contributed by atoms with Gasteiger partial charge in [-0.1, -0.05) is 0 Å². The number of ether oxygens (including phenoxy) is 2. The molecule has 1 heterocycles. The highest BCUT2D eigenvalue weighted by molar-refractivity contribution is 6.18. The number of urea groups is 1. The topological polar surface area (TPSA) is 141 Å². The van der Waals surface area contributed by atoms with Crippen LogP contribution in [-0.2, 0) is 9.47 Å². The molecule has 2 amide bonds. The molecular formula is C10H18ClN3O7. The van der Waals surface area contributed by atoms with Gasteiger partial charge in [0.1, 0.15) is 24.4 Å². The van der Waals surface area contributed by atoms with Crippen molar-refractivity contribution in [2.24, 2.45) is 5.29 Å². The Kier molecular flexibility index (Phi) is 7.22. The van der Waals surface area contributed by atoms with Crippen LogP contribution < -0.4 is 5.32 Å². The smallest absolute Gasteiger partial charge is 0.340 e. The normalized spacial score (nSPS) is 32.5. The summed E-state index contributed by atoms with van der Waals surface area (Å²) in [5.74, 6) is 0.0262. The number of nitroso groups, excluding NO2 is 1. The monoisotopic (exact) mass is 327 g/mol. The third-order valence-corrected chi connectivity index (χ3v) is 3.15. The van der Waals surface area contributed by atoms with Gasteiger partial charge in [0, 0.05) is 19.5 Å². The number of aliphatic hydroxyl groups is 3. The highest BCUT2D eigenvalue weighted by Crippen LogP contribution is 2.21. The van der Waals surface area contributed by atoms with E-state index in [9.17, 15) is 25.0 Å². The molecule has 0 bridgehead atoms. The number of carbonyl (C=O) groups is 1. The summed E-state index contributed by atoms with van der Waals surface area (Å²) in [5, 5.41) is 34.4. The van der Waals surface area contributed by atoms with E-state index < -0.39 is 36.7 Å². The largest absolute Gasteiger partial charge is 0.388 e. The van der Waals surface area contributed by atoms with Crippen LogP contribution in [0.25, 0.3) is 0 Å². The summed E-state index contributed by atoms with van der Waals surface area (Å²) in [7, 11) is 1.26. The number of halogens is 1. The molecule has 4 N–H and O–H groups in total. The fourth-order valence-electron chi connectivity index (χ4n) is 1.82. The summed E-state index contributed by atoms with van der Waals surface area (Å²) in [6.45, 7) is -0.301. The van der Waals surface area contributed by atoms with Crippen LogP contribution in [0, 0.1) is 4.91 Å². The molecule has 1 fully saturated rings. The summed E-state index contributed by atoms with van der Waals surface area (Å²) in [5.41, 5.74) is 0. The van der Waals surface area contributed by atoms with Crippen molar-refractivity contribution in [2.75, 3.05) is 26.1 Å². The van der Waals surface area contributed by atoms with Crippen LogP contribution in [0.4, 0.5) is 4.79 Å². The Morgan fingerprint density at radius 2 is 2.05 bits per heavy atom. The fourth-order valence-corrected chi connectivity index (χ4v) is 1.98. The molecular weight excluding hydrogens is 310 g/mol. The Hall–Kier alpha value is -1.04. The van der Waals surface area contributed by atoms with Gasteiger partial charge in [0.15, 0.2) is 6.29 Å². The zero-order valence-electron chi connectivity index (χ0n) is 11.3. The van der Waals surface area contributed by atoms with Gasteiger partial charge < -0.3 is 30.1 Å². The zero-order valence-corrected chi connectivity index (χ0v) is 12.0. The Bertz CT molecular complexity index is 360. The first-order valence-electron chi connectivity index (χ1n) is 6.13. The van der Waals surface area contributed by atoms with Crippen molar-refractivity contribution >= 4 is 17.6 Å². The predicted molar refractivity (Wildman–Crippen MR) is 70.3 cm³/mol. The van der Waals surface area contributed by atoms with Crippen LogP contribution in [-0.4, -0.2) is 83.1 Å². The quantitative estimate of drug-likeness (QED) is 0.261. The van der Waals surface area contributed by atoms with Crippen molar-refractivity contribution in [3.8, 4) is 0 Å². The van der Waals surface area contributed by atoms with Crippen LogP contribution in [0.3, 0.4) is 0 Å². The van der Waals surface area contributed by atoms with E-state index in [1.807, 2.05) is 0 Å². The molecule has 0 saturated carbocycles. The van der Waals surface area contributed by atoms with Crippen molar-refractivity contribution in [1.82, 2.24) is 10.3 Å². The Labute approximate surface area is 125 Å². The molecule has 0 aromatic rings. The van der Waals surface area contributed by atoms with E-state index in [2.05, 4.69) is 10.6 Å². The van der Waals surface area contributed by atoms with Crippen molar-refractivity contribution in [1.29, 1.82) is 0 Å². The van der Waals surface area contributed by atoms with Crippen LogP contribution in [0.5, 0.6) is 0 Å². The predicted octanol–water partition coefficient (Wildman–Crippen LogP) is -1.63. The standard InChI is InChI=1S/C10H18ClN3O7/c1-20-9-8(17)7(16)6(15)5(21-9)4-12-10(18)14(13-19)3-2-11/h5-9,15-17H,2-4H2,1H3,(H,12,18)/t5-,6-,7+,8-,9-/m1/s1. The van der Waals surface area contributed by atoms with Gasteiger partial charge in [-0.15, -0.1) is 16.5 Å². The Balaban J connectivity index is 2.57. The average molecular weight is 328 g/mol. The van der Waals surface area contributed by atoms with Gasteiger partial charge in [0.25, 0.3) is 0 Å². The van der Waals surface area contributed by atoms with Gasteiger partial charge >= 0.3 is 6.03 Å². The lowest BCUT2D eigenvalue weighted by molar-refractivity contribution is -0.288. The maximum atomic E-state index is 11.6. The lowest BCUT2D eigenvalue weighted by Gasteiger charge is -2.39. The summed E-state index contributed by atoms with van der Waals surface area (Å²) in [6, 6.07) is -0.823. The van der Waals surface area contributed by atoms with Gasteiger partial charge in [-0.25, -0.2) is 4.79 Å². The van der Waals surface area contributed by atoms with Crippen LogP contribution in [0.2, 0.25) is 0 Å². The molecule has 1 aliphatic heterocycles. The van der Waals surface area contributed by atoms with Gasteiger partial charge in [-0.05, 0) is 0 Å². The minimum atomic E-state index is -1.49. The molecule has 11 heteroatoms. The maximum absolute atomic E-state index is 11.6. The van der Waals surface area contributed by atoms with Gasteiger partial charge in [0.2, 0.25) is 0 Å². The average Bonchev–Trinajstić information content (AvgIpc) is 2.49. The van der Waals surface area contributed by atoms with E-state index >= 15 is 0 Å². The SMILES string of the molecule is CO[C@@H]1O[C@H](CNC(=O)N(CCCl)N=O)[C@@H](O)[C@H](O)[C@H]1O. The molecule has 0 aromatic carbocycles. The number of nitrogens with zero attached hydrogens (tertiary/aromatic N) is 2. The summed E-state index contributed by atoms with van der Waals surface area (Å²) in [4.78, 5) is 22.0. The second kappa shape index (κ2) is 8.41. The highest BCUT2D eigenvalue weighted by atomic mass is 35.5. The van der Waals surface area contributed by atoms with E-state index in [4.69, 9.17) is 21.1 Å². The van der Waals surface area contributed by atoms with E-state index in [1.165, 1.54) is 7.11 Å². The molecule has 0 aromatic heterocycles. The molecule has 0 spiro atoms. The number of rotatable bonds is 6. The molecule has 122 valence electrons. The third-order valence-electron chi connectivity index (χ3n) is 2.98. The summed E-state index contributed by atoms with van der Waals surface area (Å²) < 4.78 is 10.0. The van der Waals surface area contributed by atoms with Crippen LogP contribution in [0.15, 0.2) is 5.29 Å². The first-order chi connectivity index (χ1) is 9.96. The number of hydrogen-bond donors (Lipinski definition) is 4. The molecule has 5 atom stereocenters. The second-order valence-corrected chi connectivity index (χ2v) is 4.71. The highest BCUT2D eigenvalue weighted by Gasteiger charge is 2.43. The summed E-state index contributed by atoms with van der Waals surface area (Å²) >= 11 is 5.40. The number of alkyl halides is 1. The fraction of sp³-hybridized carbons (Fsp3) is 0.900. The van der Waals surface area contributed by atoms with Crippen LogP contribution >= 0.6 is 11.6 Å². The van der Waals surface area contributed by atoms with Crippen molar-refractivity contribution in [3.63, 3.8) is 0 Å². The number of amides is 2. The third kappa shape index (κ3) is 4.46. The van der Waals surface area contributed by atoms with E-state index in [0.29, 0.717) is 5.01 Å². The molecule has 0 unspecified atom stereocenters. The lowest BCUT2D eigenvalue weighted by atomic mass is 9.99. The maximum Gasteiger partial charge on any atom is 0.340 e. The van der Waals surface area contributed by atoms with Crippen molar-refractivity contribution in [3.05, 3.63) is 4.91 Å². The number of aliphatic hydroxyl groups excluding tert-OH is 3. The van der Waals surface area contributed by atoms with E-state index in [0.717, 1.165) is 0 Å². The van der Waals surface area contributed by atoms with Gasteiger partial charge in [0.05, 0.1) is 11.8 Å². The number of hydrogen-bond acceptors (Lipinski definition) is 8. The molecule has 0 aliphatic carbocycles. The molecule has 10 nitrogen and oxygen atoms in total. The summed E-state index contributed by atoms with van der Waals surface area (Å²) in [6.07, 6.45) is -6.51. The number of nitrogens with one attached hydrogen (secondary N) is 1. The molecule has 0 radical (unpaired) electrons. The molecule has 1 saturated heterocycles.